The SMILES string of the molecule is Cc1c(C(=O)NCCN)nnn1-c1ccc(F)c(Cl)c1. The number of nitrogens with two attached hydrogens (primary N) is 1. The number of nitrogens with one attached hydrogen (secondary N) is 1. The van der Waals surface area contributed by atoms with Crippen molar-refractivity contribution in [1.82, 2.24) is 20.3 Å². The number of hydrogen-bond donors (Lipinski definition) is 2. The summed E-state index contributed by atoms with van der Waals surface area (Å²) in [6, 6.07) is 4.15. The van der Waals surface area contributed by atoms with E-state index in [1.54, 1.807) is 6.92 Å². The molecule has 2 rings (SSSR count). The summed E-state index contributed by atoms with van der Waals surface area (Å²) < 4.78 is 14.6. The third-order valence-electron chi connectivity index (χ3n) is 2.69. The quantitative estimate of drug-likeness (QED) is 0.883. The van der Waals surface area contributed by atoms with Crippen LogP contribution in [0.5, 0.6) is 0 Å². The van der Waals surface area contributed by atoms with Gasteiger partial charge in [-0.15, -0.1) is 5.10 Å². The topological polar surface area (TPSA) is 85.8 Å². The Morgan fingerprint density at radius 1 is 1.55 bits per heavy atom. The zero-order chi connectivity index (χ0) is 14.7. The van der Waals surface area contributed by atoms with Gasteiger partial charge in [-0.2, -0.15) is 0 Å². The highest BCUT2D eigenvalue weighted by atomic mass is 35.5. The van der Waals surface area contributed by atoms with Crippen LogP contribution in [0.2, 0.25) is 5.02 Å². The van der Waals surface area contributed by atoms with Crippen LogP contribution < -0.4 is 11.1 Å². The van der Waals surface area contributed by atoms with Crippen molar-refractivity contribution < 1.29 is 9.18 Å². The van der Waals surface area contributed by atoms with E-state index in [4.69, 9.17) is 17.3 Å². The lowest BCUT2D eigenvalue weighted by atomic mass is 10.2. The van der Waals surface area contributed by atoms with Crippen LogP contribution >= 0.6 is 11.6 Å². The fraction of sp³-hybridized carbons (Fsp3) is 0.250. The minimum Gasteiger partial charge on any atom is -0.349 e. The van der Waals surface area contributed by atoms with Gasteiger partial charge >= 0.3 is 0 Å². The first kappa shape index (κ1) is 14.4. The Morgan fingerprint density at radius 2 is 2.30 bits per heavy atom. The molecular formula is C12H13ClFN5O. The van der Waals surface area contributed by atoms with Crippen molar-refractivity contribution in [2.75, 3.05) is 13.1 Å². The number of halogens is 2. The number of carbonyl (C=O) groups excluding carboxylic acids is 1. The lowest BCUT2D eigenvalue weighted by Gasteiger charge is -2.05. The van der Waals surface area contributed by atoms with E-state index in [1.165, 1.54) is 22.9 Å². The van der Waals surface area contributed by atoms with E-state index >= 15 is 0 Å². The summed E-state index contributed by atoms with van der Waals surface area (Å²) in [5.41, 5.74) is 6.56. The molecule has 0 radical (unpaired) electrons. The number of amides is 1. The van der Waals surface area contributed by atoms with Crippen molar-refractivity contribution in [3.63, 3.8) is 0 Å². The first-order chi connectivity index (χ1) is 9.54. The van der Waals surface area contributed by atoms with Gasteiger partial charge in [-0.1, -0.05) is 16.8 Å². The predicted molar refractivity (Wildman–Crippen MR) is 72.5 cm³/mol. The van der Waals surface area contributed by atoms with Crippen molar-refractivity contribution in [1.29, 1.82) is 0 Å². The minimum absolute atomic E-state index is 0.0217. The molecule has 1 amide bonds. The molecule has 0 aliphatic heterocycles. The van der Waals surface area contributed by atoms with E-state index in [1.807, 2.05) is 0 Å². The van der Waals surface area contributed by atoms with Crippen molar-refractivity contribution in [3.8, 4) is 5.69 Å². The highest BCUT2D eigenvalue weighted by Crippen LogP contribution is 2.19. The molecule has 1 aromatic carbocycles. The van der Waals surface area contributed by atoms with Crippen molar-refractivity contribution in [2.24, 2.45) is 5.73 Å². The molecule has 0 aliphatic carbocycles. The normalized spacial score (nSPS) is 10.6. The van der Waals surface area contributed by atoms with E-state index in [-0.39, 0.29) is 16.6 Å². The summed E-state index contributed by atoms with van der Waals surface area (Å²) in [6.07, 6.45) is 0. The molecule has 1 aromatic heterocycles. The van der Waals surface area contributed by atoms with E-state index in [2.05, 4.69) is 15.6 Å². The summed E-state index contributed by atoms with van der Waals surface area (Å²) >= 11 is 5.72. The molecule has 2 aromatic rings. The summed E-state index contributed by atoms with van der Waals surface area (Å²) in [5, 5.41) is 10.3. The molecule has 0 spiro atoms. The van der Waals surface area contributed by atoms with Crippen molar-refractivity contribution in [2.45, 2.75) is 6.92 Å². The summed E-state index contributed by atoms with van der Waals surface area (Å²) in [5.74, 6) is -0.874. The Bertz CT molecular complexity index is 643. The number of carbonyl (C=O) groups is 1. The van der Waals surface area contributed by atoms with E-state index in [0.717, 1.165) is 0 Å². The Morgan fingerprint density at radius 3 is 2.95 bits per heavy atom. The van der Waals surface area contributed by atoms with E-state index < -0.39 is 5.82 Å². The van der Waals surface area contributed by atoms with Gasteiger partial charge < -0.3 is 11.1 Å². The molecule has 0 unspecified atom stereocenters. The lowest BCUT2D eigenvalue weighted by molar-refractivity contribution is 0.0949. The Balaban J connectivity index is 2.32. The Hall–Kier alpha value is -1.99. The summed E-state index contributed by atoms with van der Waals surface area (Å²) in [6.45, 7) is 2.38. The highest BCUT2D eigenvalue weighted by Gasteiger charge is 2.17. The monoisotopic (exact) mass is 297 g/mol. The molecular weight excluding hydrogens is 285 g/mol. The van der Waals surface area contributed by atoms with Crippen LogP contribution in [0.1, 0.15) is 16.2 Å². The molecule has 0 aliphatic rings. The molecule has 0 saturated carbocycles. The molecule has 1 heterocycles. The van der Waals surface area contributed by atoms with Crippen LogP contribution in [0.15, 0.2) is 18.2 Å². The van der Waals surface area contributed by atoms with Crippen LogP contribution in [0, 0.1) is 12.7 Å². The minimum atomic E-state index is -0.519. The maximum absolute atomic E-state index is 13.1. The van der Waals surface area contributed by atoms with Crippen LogP contribution in [0.3, 0.4) is 0 Å². The van der Waals surface area contributed by atoms with Gasteiger partial charge in [-0.05, 0) is 25.1 Å². The average molecular weight is 298 g/mol. The number of rotatable bonds is 4. The van der Waals surface area contributed by atoms with Gasteiger partial charge in [0.05, 0.1) is 16.4 Å². The van der Waals surface area contributed by atoms with Gasteiger partial charge in [0.25, 0.3) is 5.91 Å². The summed E-state index contributed by atoms with van der Waals surface area (Å²) in [7, 11) is 0. The number of nitrogens with zero attached hydrogens (tertiary/aromatic N) is 3. The third-order valence-corrected chi connectivity index (χ3v) is 2.98. The fourth-order valence-electron chi connectivity index (χ4n) is 1.67. The molecule has 0 atom stereocenters. The van der Waals surface area contributed by atoms with Crippen molar-refractivity contribution >= 4 is 17.5 Å². The smallest absolute Gasteiger partial charge is 0.273 e. The second kappa shape index (κ2) is 5.98. The maximum atomic E-state index is 13.1. The zero-order valence-corrected chi connectivity index (χ0v) is 11.5. The molecule has 20 heavy (non-hydrogen) atoms. The first-order valence-electron chi connectivity index (χ1n) is 5.90. The second-order valence-electron chi connectivity index (χ2n) is 4.08. The van der Waals surface area contributed by atoms with Gasteiger partial charge in [-0.25, -0.2) is 9.07 Å². The molecule has 106 valence electrons. The first-order valence-corrected chi connectivity index (χ1v) is 6.28. The van der Waals surface area contributed by atoms with Crippen LogP contribution in [0.4, 0.5) is 4.39 Å². The fourth-order valence-corrected chi connectivity index (χ4v) is 1.85. The zero-order valence-electron chi connectivity index (χ0n) is 10.7. The van der Waals surface area contributed by atoms with Gasteiger partial charge in [0.2, 0.25) is 0 Å². The Labute approximate surface area is 119 Å². The van der Waals surface area contributed by atoms with E-state index in [9.17, 15) is 9.18 Å². The Kier molecular flexibility index (Phi) is 4.31. The summed E-state index contributed by atoms with van der Waals surface area (Å²) in [4.78, 5) is 11.8. The van der Waals surface area contributed by atoms with Gasteiger partial charge in [-0.3, -0.25) is 4.79 Å². The van der Waals surface area contributed by atoms with Gasteiger partial charge in [0, 0.05) is 13.1 Å². The molecule has 0 saturated heterocycles. The predicted octanol–water partition coefficient (Wildman–Crippen LogP) is 1.06. The number of hydrogen-bond acceptors (Lipinski definition) is 4. The van der Waals surface area contributed by atoms with Crippen LogP contribution in [-0.2, 0) is 0 Å². The number of aromatic nitrogens is 3. The average Bonchev–Trinajstić information content (AvgIpc) is 2.81. The second-order valence-corrected chi connectivity index (χ2v) is 4.49. The van der Waals surface area contributed by atoms with Gasteiger partial charge in [0.1, 0.15) is 5.82 Å². The lowest BCUT2D eigenvalue weighted by Crippen LogP contribution is -2.29. The maximum Gasteiger partial charge on any atom is 0.273 e. The van der Waals surface area contributed by atoms with E-state index in [0.29, 0.717) is 24.5 Å². The standard InChI is InChI=1S/C12H13ClFN5O/c1-7-11(12(20)16-5-4-15)17-18-19(7)8-2-3-10(14)9(13)6-8/h2-3,6H,4-5,15H2,1H3,(H,16,20). The largest absolute Gasteiger partial charge is 0.349 e. The van der Waals surface area contributed by atoms with Crippen LogP contribution in [0.25, 0.3) is 5.69 Å². The molecule has 0 fully saturated rings. The van der Waals surface area contributed by atoms with Crippen LogP contribution in [-0.4, -0.2) is 34.0 Å². The number of benzene rings is 1. The molecule has 3 N–H and O–H groups in total. The van der Waals surface area contributed by atoms with Crippen molar-refractivity contribution in [3.05, 3.63) is 40.4 Å². The molecule has 6 nitrogen and oxygen atoms in total. The van der Waals surface area contributed by atoms with Gasteiger partial charge in [0.15, 0.2) is 5.69 Å². The molecule has 8 heteroatoms. The third kappa shape index (κ3) is 2.78. The molecule has 0 bridgehead atoms. The highest BCUT2D eigenvalue weighted by molar-refractivity contribution is 6.30.